The Morgan fingerprint density at radius 2 is 2.35 bits per heavy atom. The standard InChI is InChI=1S/C14H20N4OS/c1-4-15-14-16-12(18-5-6-19-9(2)8-18)11-7-10(3)20-13(11)17-14/h7,9H,4-6,8H2,1-3H3,(H,15,16,17). The Kier molecular flexibility index (Phi) is 3.76. The molecule has 6 heteroatoms. The average Bonchev–Trinajstić information content (AvgIpc) is 2.78. The Balaban J connectivity index is 2.06. The van der Waals surface area contributed by atoms with Gasteiger partial charge in [0.15, 0.2) is 0 Å². The van der Waals surface area contributed by atoms with Gasteiger partial charge in [0.1, 0.15) is 10.6 Å². The molecule has 3 rings (SSSR count). The molecule has 0 amide bonds. The van der Waals surface area contributed by atoms with Crippen molar-refractivity contribution in [1.82, 2.24) is 9.97 Å². The van der Waals surface area contributed by atoms with E-state index in [0.29, 0.717) is 0 Å². The van der Waals surface area contributed by atoms with Crippen molar-refractivity contribution < 1.29 is 4.74 Å². The number of rotatable bonds is 3. The average molecular weight is 292 g/mol. The lowest BCUT2D eigenvalue weighted by molar-refractivity contribution is 0.0530. The predicted molar refractivity (Wildman–Crippen MR) is 83.9 cm³/mol. The van der Waals surface area contributed by atoms with Crippen LogP contribution in [0.15, 0.2) is 6.07 Å². The zero-order valence-corrected chi connectivity index (χ0v) is 13.0. The van der Waals surface area contributed by atoms with E-state index in [9.17, 15) is 0 Å². The smallest absolute Gasteiger partial charge is 0.226 e. The molecule has 0 aromatic carbocycles. The molecule has 0 radical (unpaired) electrons. The van der Waals surface area contributed by atoms with Crippen molar-refractivity contribution >= 4 is 33.3 Å². The molecule has 2 aromatic rings. The second-order valence-corrected chi connectivity index (χ2v) is 6.34. The molecule has 1 aliphatic rings. The normalized spacial score (nSPS) is 19.6. The second-order valence-electron chi connectivity index (χ2n) is 5.10. The van der Waals surface area contributed by atoms with Crippen LogP contribution in [0.4, 0.5) is 11.8 Å². The number of hydrogen-bond donors (Lipinski definition) is 1. The Bertz CT molecular complexity index is 612. The van der Waals surface area contributed by atoms with Crippen molar-refractivity contribution in [1.29, 1.82) is 0 Å². The van der Waals surface area contributed by atoms with E-state index in [1.807, 2.05) is 0 Å². The first-order valence-corrected chi connectivity index (χ1v) is 7.87. The summed E-state index contributed by atoms with van der Waals surface area (Å²) >= 11 is 1.72. The third kappa shape index (κ3) is 2.58. The van der Waals surface area contributed by atoms with Crippen molar-refractivity contribution in [2.24, 2.45) is 0 Å². The van der Waals surface area contributed by atoms with Gasteiger partial charge in [-0.3, -0.25) is 0 Å². The summed E-state index contributed by atoms with van der Waals surface area (Å²) in [6, 6.07) is 2.19. The van der Waals surface area contributed by atoms with Gasteiger partial charge in [0, 0.05) is 24.5 Å². The monoisotopic (exact) mass is 292 g/mol. The maximum atomic E-state index is 5.63. The number of aryl methyl sites for hydroxylation is 1. The summed E-state index contributed by atoms with van der Waals surface area (Å²) < 4.78 is 5.63. The summed E-state index contributed by atoms with van der Waals surface area (Å²) in [6.45, 7) is 9.63. The molecule has 1 fully saturated rings. The van der Waals surface area contributed by atoms with E-state index in [-0.39, 0.29) is 6.10 Å². The lowest BCUT2D eigenvalue weighted by atomic mass is 10.2. The fourth-order valence-corrected chi connectivity index (χ4v) is 3.39. The number of morpholine rings is 1. The van der Waals surface area contributed by atoms with Crippen molar-refractivity contribution in [2.75, 3.05) is 36.5 Å². The number of thiophene rings is 1. The van der Waals surface area contributed by atoms with Gasteiger partial charge in [0.25, 0.3) is 0 Å². The van der Waals surface area contributed by atoms with E-state index in [4.69, 9.17) is 9.72 Å². The minimum absolute atomic E-state index is 0.246. The third-order valence-corrected chi connectivity index (χ3v) is 4.32. The van der Waals surface area contributed by atoms with Crippen molar-refractivity contribution in [3.05, 3.63) is 10.9 Å². The van der Waals surface area contributed by atoms with Gasteiger partial charge in [-0.05, 0) is 26.8 Å². The fraction of sp³-hybridized carbons (Fsp3) is 0.571. The largest absolute Gasteiger partial charge is 0.375 e. The summed E-state index contributed by atoms with van der Waals surface area (Å²) in [5.41, 5.74) is 0. The van der Waals surface area contributed by atoms with Gasteiger partial charge in [0.2, 0.25) is 5.95 Å². The van der Waals surface area contributed by atoms with Crippen molar-refractivity contribution in [3.63, 3.8) is 0 Å². The van der Waals surface area contributed by atoms with Crippen molar-refractivity contribution in [2.45, 2.75) is 26.9 Å². The molecule has 0 saturated carbocycles. The number of ether oxygens (including phenoxy) is 1. The van der Waals surface area contributed by atoms with Crippen LogP contribution < -0.4 is 10.2 Å². The highest BCUT2D eigenvalue weighted by molar-refractivity contribution is 7.18. The molecule has 1 aliphatic heterocycles. The van der Waals surface area contributed by atoms with E-state index in [0.717, 1.165) is 48.2 Å². The number of hydrogen-bond acceptors (Lipinski definition) is 6. The zero-order chi connectivity index (χ0) is 14.1. The summed E-state index contributed by atoms with van der Waals surface area (Å²) in [7, 11) is 0. The van der Waals surface area contributed by atoms with E-state index < -0.39 is 0 Å². The second kappa shape index (κ2) is 5.54. The number of anilines is 2. The van der Waals surface area contributed by atoms with E-state index in [2.05, 4.69) is 42.0 Å². The van der Waals surface area contributed by atoms with Gasteiger partial charge in [-0.2, -0.15) is 4.98 Å². The van der Waals surface area contributed by atoms with Gasteiger partial charge < -0.3 is 15.0 Å². The summed E-state index contributed by atoms with van der Waals surface area (Å²) in [5.74, 6) is 1.75. The Morgan fingerprint density at radius 3 is 3.10 bits per heavy atom. The van der Waals surface area contributed by atoms with Crippen LogP contribution in [0.3, 0.4) is 0 Å². The van der Waals surface area contributed by atoms with Crippen LogP contribution in [0.1, 0.15) is 18.7 Å². The van der Waals surface area contributed by atoms with Crippen LogP contribution in [0.5, 0.6) is 0 Å². The third-order valence-electron chi connectivity index (χ3n) is 3.37. The van der Waals surface area contributed by atoms with Crippen LogP contribution >= 0.6 is 11.3 Å². The highest BCUT2D eigenvalue weighted by atomic mass is 32.1. The maximum Gasteiger partial charge on any atom is 0.226 e. The maximum absolute atomic E-state index is 5.63. The highest BCUT2D eigenvalue weighted by Crippen LogP contribution is 2.32. The Morgan fingerprint density at radius 1 is 1.50 bits per heavy atom. The molecule has 1 N–H and O–H groups in total. The molecule has 0 bridgehead atoms. The minimum Gasteiger partial charge on any atom is -0.375 e. The molecule has 20 heavy (non-hydrogen) atoms. The first kappa shape index (κ1) is 13.6. The summed E-state index contributed by atoms with van der Waals surface area (Å²) in [4.78, 5) is 14.0. The van der Waals surface area contributed by atoms with Gasteiger partial charge in [-0.25, -0.2) is 4.98 Å². The molecule has 1 saturated heterocycles. The molecule has 2 aromatic heterocycles. The SMILES string of the molecule is CCNc1nc(N2CCOC(C)C2)c2cc(C)sc2n1. The van der Waals surface area contributed by atoms with Crippen LogP contribution in [0.25, 0.3) is 10.2 Å². The molecule has 0 spiro atoms. The molecular formula is C14H20N4OS. The number of nitrogens with zero attached hydrogens (tertiary/aromatic N) is 3. The molecule has 5 nitrogen and oxygen atoms in total. The Labute approximate surface area is 123 Å². The molecule has 0 aliphatic carbocycles. The molecule has 1 atom stereocenters. The van der Waals surface area contributed by atoms with Crippen LogP contribution in [-0.4, -0.2) is 42.3 Å². The van der Waals surface area contributed by atoms with Crippen LogP contribution in [0, 0.1) is 6.92 Å². The Hall–Kier alpha value is -1.40. The first-order valence-electron chi connectivity index (χ1n) is 7.06. The van der Waals surface area contributed by atoms with Gasteiger partial charge in [-0.1, -0.05) is 0 Å². The fourth-order valence-electron chi connectivity index (χ4n) is 2.52. The lowest BCUT2D eigenvalue weighted by Gasteiger charge is -2.32. The number of aromatic nitrogens is 2. The minimum atomic E-state index is 0.246. The molecule has 3 heterocycles. The number of fused-ring (bicyclic) bond motifs is 1. The lowest BCUT2D eigenvalue weighted by Crippen LogP contribution is -2.41. The zero-order valence-electron chi connectivity index (χ0n) is 12.1. The van der Waals surface area contributed by atoms with E-state index in [1.54, 1.807) is 11.3 Å². The number of nitrogens with one attached hydrogen (secondary N) is 1. The van der Waals surface area contributed by atoms with Gasteiger partial charge in [-0.15, -0.1) is 11.3 Å². The molecular weight excluding hydrogens is 272 g/mol. The van der Waals surface area contributed by atoms with Gasteiger partial charge in [0.05, 0.1) is 18.1 Å². The summed E-state index contributed by atoms with van der Waals surface area (Å²) in [6.07, 6.45) is 0.246. The van der Waals surface area contributed by atoms with E-state index in [1.165, 1.54) is 4.88 Å². The van der Waals surface area contributed by atoms with E-state index >= 15 is 0 Å². The van der Waals surface area contributed by atoms with Crippen molar-refractivity contribution in [3.8, 4) is 0 Å². The molecule has 1 unspecified atom stereocenters. The predicted octanol–water partition coefficient (Wildman–Crippen LogP) is 2.66. The highest BCUT2D eigenvalue weighted by Gasteiger charge is 2.21. The van der Waals surface area contributed by atoms with Crippen LogP contribution in [-0.2, 0) is 4.74 Å². The quantitative estimate of drug-likeness (QED) is 0.942. The topological polar surface area (TPSA) is 50.3 Å². The van der Waals surface area contributed by atoms with Crippen LogP contribution in [0.2, 0.25) is 0 Å². The molecule has 108 valence electrons. The first-order chi connectivity index (χ1) is 9.67. The van der Waals surface area contributed by atoms with Gasteiger partial charge >= 0.3 is 0 Å². The summed E-state index contributed by atoms with van der Waals surface area (Å²) in [5, 5.41) is 4.38.